The van der Waals surface area contributed by atoms with Crippen molar-refractivity contribution in [2.75, 3.05) is 23.5 Å². The Morgan fingerprint density at radius 3 is 2.79 bits per heavy atom. The van der Waals surface area contributed by atoms with Gasteiger partial charge in [0.15, 0.2) is 9.84 Å². The molecule has 0 bridgehead atoms. The van der Waals surface area contributed by atoms with E-state index in [9.17, 15) is 13.2 Å². The average molecular weight is 394 g/mol. The van der Waals surface area contributed by atoms with Crippen LogP contribution in [-0.2, 0) is 20.4 Å². The molecule has 1 fully saturated rings. The van der Waals surface area contributed by atoms with Gasteiger partial charge in [0.1, 0.15) is 0 Å². The van der Waals surface area contributed by atoms with Crippen molar-refractivity contribution in [2.24, 2.45) is 0 Å². The second-order valence-electron chi connectivity index (χ2n) is 5.80. The molecule has 0 saturated carbocycles. The summed E-state index contributed by atoms with van der Waals surface area (Å²) in [5, 5.41) is 8.20. The van der Waals surface area contributed by atoms with Gasteiger partial charge in [-0.1, -0.05) is 18.7 Å². The number of carbonyl (C=O) groups is 1. The summed E-state index contributed by atoms with van der Waals surface area (Å²) in [6.45, 7) is 3.95. The smallest absolute Gasteiger partial charge is 0.277 e. The minimum absolute atomic E-state index is 0.00568. The van der Waals surface area contributed by atoms with Crippen LogP contribution in [0.1, 0.15) is 32.6 Å². The third kappa shape index (κ3) is 5.13. The Kier molecular flexibility index (Phi) is 6.99. The van der Waals surface area contributed by atoms with Crippen LogP contribution in [0.2, 0.25) is 0 Å². The van der Waals surface area contributed by atoms with Crippen LogP contribution in [0.25, 0.3) is 0 Å². The van der Waals surface area contributed by atoms with Gasteiger partial charge < -0.3 is 9.32 Å². The van der Waals surface area contributed by atoms with Gasteiger partial charge in [-0.2, -0.15) is 11.8 Å². The number of amides is 1. The molecule has 2 heterocycles. The first-order valence-electron chi connectivity index (χ1n) is 7.82. The van der Waals surface area contributed by atoms with Gasteiger partial charge in [0.2, 0.25) is 11.8 Å². The van der Waals surface area contributed by atoms with E-state index in [2.05, 4.69) is 10.2 Å². The maximum Gasteiger partial charge on any atom is 0.277 e. The lowest BCUT2D eigenvalue weighted by Crippen LogP contribution is -2.47. The van der Waals surface area contributed by atoms with Gasteiger partial charge in [-0.05, 0) is 26.0 Å². The summed E-state index contributed by atoms with van der Waals surface area (Å²) < 4.78 is 28.9. The molecule has 1 aliphatic heterocycles. The fourth-order valence-electron chi connectivity index (χ4n) is 2.68. The Labute approximate surface area is 151 Å². The van der Waals surface area contributed by atoms with Gasteiger partial charge in [-0.25, -0.2) is 8.42 Å². The molecule has 2 unspecified atom stereocenters. The fourth-order valence-corrected chi connectivity index (χ4v) is 5.40. The number of carbonyl (C=O) groups excluding carboxylic acids is 1. The van der Waals surface area contributed by atoms with E-state index in [1.807, 2.05) is 20.1 Å². The van der Waals surface area contributed by atoms with Gasteiger partial charge in [-0.15, -0.1) is 10.2 Å². The van der Waals surface area contributed by atoms with Crippen molar-refractivity contribution in [3.63, 3.8) is 0 Å². The van der Waals surface area contributed by atoms with E-state index in [1.165, 1.54) is 11.8 Å². The molecule has 0 aliphatic carbocycles. The number of aromatic nitrogens is 2. The number of sulfone groups is 1. The second-order valence-corrected chi connectivity index (χ2v) is 9.82. The molecule has 24 heavy (non-hydrogen) atoms. The largest absolute Gasteiger partial charge is 0.415 e. The Morgan fingerprint density at radius 1 is 1.46 bits per heavy atom. The van der Waals surface area contributed by atoms with Gasteiger partial charge in [0, 0.05) is 12.1 Å². The van der Waals surface area contributed by atoms with Crippen LogP contribution >= 0.6 is 23.5 Å². The molecule has 10 heteroatoms. The number of thioether (sulfide) groups is 2. The minimum Gasteiger partial charge on any atom is -0.415 e. The van der Waals surface area contributed by atoms with Crippen LogP contribution in [0.3, 0.4) is 0 Å². The highest BCUT2D eigenvalue weighted by Gasteiger charge is 2.36. The average Bonchev–Trinajstić information content (AvgIpc) is 3.12. The molecule has 0 N–H and O–H groups in total. The summed E-state index contributed by atoms with van der Waals surface area (Å²) in [5.74, 6) is 1.49. The number of rotatable bonds is 8. The first kappa shape index (κ1) is 19.6. The van der Waals surface area contributed by atoms with Crippen LogP contribution in [0.15, 0.2) is 9.64 Å². The molecular weight excluding hydrogens is 370 g/mol. The van der Waals surface area contributed by atoms with Gasteiger partial charge in [0.25, 0.3) is 5.22 Å². The topological polar surface area (TPSA) is 93.4 Å². The highest BCUT2D eigenvalue weighted by molar-refractivity contribution is 7.99. The Morgan fingerprint density at radius 2 is 2.21 bits per heavy atom. The van der Waals surface area contributed by atoms with Crippen LogP contribution in [0.5, 0.6) is 0 Å². The summed E-state index contributed by atoms with van der Waals surface area (Å²) in [5.41, 5.74) is 0. The Bertz CT molecular complexity index is 662. The lowest BCUT2D eigenvalue weighted by Gasteiger charge is -2.33. The van der Waals surface area contributed by atoms with E-state index >= 15 is 0 Å². The van der Waals surface area contributed by atoms with Gasteiger partial charge in [-0.3, -0.25) is 4.79 Å². The van der Waals surface area contributed by atoms with Gasteiger partial charge >= 0.3 is 0 Å². The fraction of sp³-hybridized carbons (Fsp3) is 0.786. The molecule has 0 radical (unpaired) electrons. The molecule has 2 rings (SSSR count). The summed E-state index contributed by atoms with van der Waals surface area (Å²) in [6.07, 6.45) is 3.24. The van der Waals surface area contributed by atoms with Crippen molar-refractivity contribution in [2.45, 2.75) is 49.7 Å². The number of nitrogens with zero attached hydrogens (tertiary/aromatic N) is 3. The van der Waals surface area contributed by atoms with E-state index in [0.717, 1.165) is 6.42 Å². The van der Waals surface area contributed by atoms with E-state index in [1.54, 1.807) is 16.7 Å². The maximum atomic E-state index is 12.7. The lowest BCUT2D eigenvalue weighted by molar-refractivity contribution is -0.132. The second kappa shape index (κ2) is 8.57. The Balaban J connectivity index is 1.99. The molecule has 1 amide bonds. The highest BCUT2D eigenvalue weighted by atomic mass is 32.2. The zero-order valence-corrected chi connectivity index (χ0v) is 16.5. The van der Waals surface area contributed by atoms with Crippen molar-refractivity contribution in [3.8, 4) is 0 Å². The predicted molar refractivity (Wildman–Crippen MR) is 95.9 cm³/mol. The summed E-state index contributed by atoms with van der Waals surface area (Å²) in [4.78, 5) is 14.4. The number of hydrogen-bond acceptors (Lipinski definition) is 8. The van der Waals surface area contributed by atoms with E-state index in [0.29, 0.717) is 23.3 Å². The summed E-state index contributed by atoms with van der Waals surface area (Å²) in [6, 6.07) is -0.223. The first-order chi connectivity index (χ1) is 11.4. The SMILES string of the molecule is CCC(C)N(C(=O)CSc1nnc(CSC)o1)C1CCS(=O)(=O)C1. The molecule has 0 aromatic carbocycles. The van der Waals surface area contributed by atoms with E-state index in [-0.39, 0.29) is 35.2 Å². The van der Waals surface area contributed by atoms with E-state index < -0.39 is 9.84 Å². The molecule has 1 aromatic heterocycles. The molecule has 0 spiro atoms. The van der Waals surface area contributed by atoms with Crippen molar-refractivity contribution < 1.29 is 17.6 Å². The third-order valence-corrected chi connectivity index (χ3v) is 7.08. The van der Waals surface area contributed by atoms with Crippen LogP contribution in [0, 0.1) is 0 Å². The van der Waals surface area contributed by atoms with Crippen LogP contribution in [0.4, 0.5) is 0 Å². The molecular formula is C14H23N3O4S3. The minimum atomic E-state index is -3.03. The lowest BCUT2D eigenvalue weighted by atomic mass is 10.1. The zero-order chi connectivity index (χ0) is 17.7. The molecule has 1 saturated heterocycles. The maximum absolute atomic E-state index is 12.7. The standard InChI is InChI=1S/C14H23N3O4S3/c1-4-10(2)17(11-5-6-24(19,20)9-11)13(18)8-23-14-16-15-12(21-14)7-22-3/h10-11H,4-9H2,1-3H3. The monoisotopic (exact) mass is 393 g/mol. The molecule has 1 aromatic rings. The number of hydrogen-bond donors (Lipinski definition) is 0. The van der Waals surface area contributed by atoms with Crippen molar-refractivity contribution in [3.05, 3.63) is 5.89 Å². The molecule has 136 valence electrons. The molecule has 7 nitrogen and oxygen atoms in total. The molecule has 1 aliphatic rings. The quantitative estimate of drug-likeness (QED) is 0.618. The summed E-state index contributed by atoms with van der Waals surface area (Å²) >= 11 is 2.78. The van der Waals surface area contributed by atoms with Gasteiger partial charge in [0.05, 0.1) is 23.0 Å². The first-order valence-corrected chi connectivity index (χ1v) is 12.0. The summed E-state index contributed by atoms with van der Waals surface area (Å²) in [7, 11) is -3.03. The zero-order valence-electron chi connectivity index (χ0n) is 14.1. The van der Waals surface area contributed by atoms with Crippen molar-refractivity contribution in [1.29, 1.82) is 0 Å². The highest BCUT2D eigenvalue weighted by Crippen LogP contribution is 2.24. The molecule has 2 atom stereocenters. The Hall–Kier alpha value is -0.740. The van der Waals surface area contributed by atoms with Crippen molar-refractivity contribution in [1.82, 2.24) is 15.1 Å². The van der Waals surface area contributed by atoms with E-state index in [4.69, 9.17) is 4.42 Å². The van der Waals surface area contributed by atoms with Crippen molar-refractivity contribution >= 4 is 39.3 Å². The predicted octanol–water partition coefficient (Wildman–Crippen LogP) is 1.84. The van der Waals surface area contributed by atoms with Crippen LogP contribution in [-0.4, -0.2) is 65.0 Å². The third-order valence-electron chi connectivity index (χ3n) is 3.99. The normalized spacial score (nSPS) is 20.9. The van der Waals surface area contributed by atoms with Crippen LogP contribution < -0.4 is 0 Å².